The third-order valence-electron chi connectivity index (χ3n) is 3.58. The number of hydrogen-bond acceptors (Lipinski definition) is 3. The Hall–Kier alpha value is -1.45. The fourth-order valence-corrected chi connectivity index (χ4v) is 3.28. The van der Waals surface area contributed by atoms with Crippen LogP contribution >= 0.6 is 11.3 Å². The molecule has 0 unspecified atom stereocenters. The highest BCUT2D eigenvalue weighted by Crippen LogP contribution is 2.22. The van der Waals surface area contributed by atoms with Crippen molar-refractivity contribution in [3.05, 3.63) is 57.8 Å². The van der Waals surface area contributed by atoms with Crippen molar-refractivity contribution in [1.82, 2.24) is 4.90 Å². The minimum Gasteiger partial charge on any atom is -0.295 e. The number of Topliss-reactive ketones (excluding diaryl/α,β-unsaturated/α-hetero) is 1. The van der Waals surface area contributed by atoms with Gasteiger partial charge in [-0.1, -0.05) is 30.3 Å². The highest BCUT2D eigenvalue weighted by atomic mass is 32.1. The lowest BCUT2D eigenvalue weighted by Crippen LogP contribution is -2.18. The standard InChI is InChI=1S/C16H17NOS/c18-15(16-8-4-10-19-16)7-3-9-17-11-13-5-1-2-6-14(13)12-17/h1-2,4-6,8,10H,3,7,9,11-12H2. The molecule has 19 heavy (non-hydrogen) atoms. The Morgan fingerprint density at radius 2 is 1.84 bits per heavy atom. The van der Waals surface area contributed by atoms with Gasteiger partial charge in [-0.15, -0.1) is 11.3 Å². The SMILES string of the molecule is O=C(CCCN1Cc2ccccc2C1)c1cccs1. The summed E-state index contributed by atoms with van der Waals surface area (Å²) in [4.78, 5) is 15.2. The van der Waals surface area contributed by atoms with Crippen LogP contribution in [0.25, 0.3) is 0 Å². The summed E-state index contributed by atoms with van der Waals surface area (Å²) >= 11 is 1.54. The van der Waals surface area contributed by atoms with Gasteiger partial charge in [0.1, 0.15) is 0 Å². The van der Waals surface area contributed by atoms with Crippen LogP contribution in [0.4, 0.5) is 0 Å². The molecule has 0 spiro atoms. The largest absolute Gasteiger partial charge is 0.295 e. The third kappa shape index (κ3) is 2.94. The summed E-state index contributed by atoms with van der Waals surface area (Å²) in [6.45, 7) is 3.07. The van der Waals surface area contributed by atoms with Gasteiger partial charge in [-0.3, -0.25) is 9.69 Å². The van der Waals surface area contributed by atoms with Crippen molar-refractivity contribution in [2.45, 2.75) is 25.9 Å². The maximum Gasteiger partial charge on any atom is 0.172 e. The molecule has 0 fully saturated rings. The Morgan fingerprint density at radius 1 is 1.11 bits per heavy atom. The van der Waals surface area contributed by atoms with E-state index in [0.29, 0.717) is 6.42 Å². The minimum atomic E-state index is 0.284. The van der Waals surface area contributed by atoms with Gasteiger partial charge in [-0.05, 0) is 35.5 Å². The van der Waals surface area contributed by atoms with Gasteiger partial charge in [-0.25, -0.2) is 0 Å². The van der Waals surface area contributed by atoms with E-state index >= 15 is 0 Å². The molecule has 0 atom stereocenters. The zero-order valence-electron chi connectivity index (χ0n) is 10.8. The number of ketones is 1. The third-order valence-corrected chi connectivity index (χ3v) is 4.49. The quantitative estimate of drug-likeness (QED) is 0.772. The second-order valence-electron chi connectivity index (χ2n) is 4.98. The van der Waals surface area contributed by atoms with Gasteiger partial charge in [0, 0.05) is 19.5 Å². The molecular weight excluding hydrogens is 254 g/mol. The van der Waals surface area contributed by atoms with Crippen LogP contribution in [0.15, 0.2) is 41.8 Å². The van der Waals surface area contributed by atoms with Crippen LogP contribution in [-0.2, 0) is 13.1 Å². The zero-order chi connectivity index (χ0) is 13.1. The average Bonchev–Trinajstić information content (AvgIpc) is 3.07. The molecule has 3 rings (SSSR count). The van der Waals surface area contributed by atoms with Gasteiger partial charge in [0.05, 0.1) is 4.88 Å². The van der Waals surface area contributed by atoms with Gasteiger partial charge >= 0.3 is 0 Å². The van der Waals surface area contributed by atoms with Crippen LogP contribution < -0.4 is 0 Å². The number of carbonyl (C=O) groups excluding carboxylic acids is 1. The fraction of sp³-hybridized carbons (Fsp3) is 0.312. The highest BCUT2D eigenvalue weighted by molar-refractivity contribution is 7.12. The summed E-state index contributed by atoms with van der Waals surface area (Å²) in [5.74, 6) is 0.284. The van der Waals surface area contributed by atoms with Crippen molar-refractivity contribution in [2.24, 2.45) is 0 Å². The van der Waals surface area contributed by atoms with E-state index in [1.54, 1.807) is 11.3 Å². The Balaban J connectivity index is 1.46. The van der Waals surface area contributed by atoms with Gasteiger partial charge in [0.25, 0.3) is 0 Å². The van der Waals surface area contributed by atoms with E-state index in [-0.39, 0.29) is 5.78 Å². The summed E-state index contributed by atoms with van der Waals surface area (Å²) in [6, 6.07) is 12.5. The molecule has 2 nitrogen and oxygen atoms in total. The molecule has 0 N–H and O–H groups in total. The van der Waals surface area contributed by atoms with Crippen molar-refractivity contribution in [3.8, 4) is 0 Å². The zero-order valence-corrected chi connectivity index (χ0v) is 11.7. The first kappa shape index (κ1) is 12.6. The molecule has 2 heterocycles. The fourth-order valence-electron chi connectivity index (χ4n) is 2.59. The molecule has 0 aliphatic carbocycles. The average molecular weight is 271 g/mol. The lowest BCUT2D eigenvalue weighted by Gasteiger charge is -2.13. The van der Waals surface area contributed by atoms with Gasteiger partial charge in [-0.2, -0.15) is 0 Å². The van der Waals surface area contributed by atoms with Crippen LogP contribution in [0.3, 0.4) is 0 Å². The predicted octanol–water partition coefficient (Wildman–Crippen LogP) is 3.73. The molecule has 98 valence electrons. The van der Waals surface area contributed by atoms with Crippen molar-refractivity contribution < 1.29 is 4.79 Å². The molecule has 2 aromatic rings. The first-order valence-corrected chi connectivity index (χ1v) is 7.57. The normalized spacial score (nSPS) is 14.5. The minimum absolute atomic E-state index is 0.284. The van der Waals surface area contributed by atoms with Crippen LogP contribution in [0.5, 0.6) is 0 Å². The van der Waals surface area contributed by atoms with E-state index in [0.717, 1.165) is 30.9 Å². The van der Waals surface area contributed by atoms with Gasteiger partial charge < -0.3 is 0 Å². The van der Waals surface area contributed by atoms with Crippen LogP contribution in [0.2, 0.25) is 0 Å². The first-order valence-electron chi connectivity index (χ1n) is 6.69. The van der Waals surface area contributed by atoms with E-state index in [2.05, 4.69) is 29.2 Å². The van der Waals surface area contributed by atoms with Gasteiger partial charge in [0.15, 0.2) is 5.78 Å². The van der Waals surface area contributed by atoms with E-state index in [1.165, 1.54) is 11.1 Å². The second kappa shape index (κ2) is 5.68. The van der Waals surface area contributed by atoms with Crippen molar-refractivity contribution in [1.29, 1.82) is 0 Å². The van der Waals surface area contributed by atoms with Crippen molar-refractivity contribution >= 4 is 17.1 Å². The smallest absolute Gasteiger partial charge is 0.172 e. The Kier molecular flexibility index (Phi) is 3.76. The van der Waals surface area contributed by atoms with Crippen molar-refractivity contribution in [2.75, 3.05) is 6.54 Å². The van der Waals surface area contributed by atoms with Crippen LogP contribution in [-0.4, -0.2) is 17.2 Å². The predicted molar refractivity (Wildman–Crippen MR) is 78.4 cm³/mol. The molecule has 1 aromatic heterocycles. The van der Waals surface area contributed by atoms with E-state index < -0.39 is 0 Å². The number of hydrogen-bond donors (Lipinski definition) is 0. The molecule has 0 saturated heterocycles. The van der Waals surface area contributed by atoms with Crippen molar-refractivity contribution in [3.63, 3.8) is 0 Å². The molecule has 0 bridgehead atoms. The highest BCUT2D eigenvalue weighted by Gasteiger charge is 2.17. The number of rotatable bonds is 5. The molecule has 1 aliphatic rings. The summed E-state index contributed by atoms with van der Waals surface area (Å²) < 4.78 is 0. The maximum absolute atomic E-state index is 11.9. The summed E-state index contributed by atoms with van der Waals surface area (Å²) in [5.41, 5.74) is 2.87. The Morgan fingerprint density at radius 3 is 2.47 bits per heavy atom. The number of thiophene rings is 1. The summed E-state index contributed by atoms with van der Waals surface area (Å²) in [6.07, 6.45) is 1.61. The molecule has 0 radical (unpaired) electrons. The van der Waals surface area contributed by atoms with E-state index in [9.17, 15) is 4.79 Å². The molecular formula is C16H17NOS. The molecule has 1 aromatic carbocycles. The summed E-state index contributed by atoms with van der Waals surface area (Å²) in [5, 5.41) is 1.96. The Bertz CT molecular complexity index is 537. The van der Waals surface area contributed by atoms with E-state index in [4.69, 9.17) is 0 Å². The maximum atomic E-state index is 11.9. The van der Waals surface area contributed by atoms with E-state index in [1.807, 2.05) is 17.5 Å². The topological polar surface area (TPSA) is 20.3 Å². The molecule has 0 saturated carbocycles. The Labute approximate surface area is 117 Å². The lowest BCUT2D eigenvalue weighted by atomic mass is 10.1. The summed E-state index contributed by atoms with van der Waals surface area (Å²) in [7, 11) is 0. The van der Waals surface area contributed by atoms with Crippen LogP contribution in [0, 0.1) is 0 Å². The molecule has 3 heteroatoms. The number of carbonyl (C=O) groups is 1. The number of benzene rings is 1. The molecule has 0 amide bonds. The number of nitrogens with zero attached hydrogens (tertiary/aromatic N) is 1. The van der Waals surface area contributed by atoms with Gasteiger partial charge in [0.2, 0.25) is 0 Å². The first-order chi connectivity index (χ1) is 9.33. The van der Waals surface area contributed by atoms with Crippen LogP contribution in [0.1, 0.15) is 33.6 Å². The number of fused-ring (bicyclic) bond motifs is 1. The lowest BCUT2D eigenvalue weighted by molar-refractivity contribution is 0.0978. The molecule has 1 aliphatic heterocycles. The second-order valence-corrected chi connectivity index (χ2v) is 5.93. The monoisotopic (exact) mass is 271 g/mol.